The lowest BCUT2D eigenvalue weighted by Gasteiger charge is -2.15. The Hall–Kier alpha value is -0.770. The Morgan fingerprint density at radius 1 is 1.22 bits per heavy atom. The Labute approximate surface area is 117 Å². The maximum atomic E-state index is 12.1. The number of halogens is 2. The molecule has 2 N–H and O–H groups in total. The zero-order chi connectivity index (χ0) is 13.0. The van der Waals surface area contributed by atoms with Crippen molar-refractivity contribution in [1.29, 1.82) is 0 Å². The molecule has 0 bridgehead atoms. The Morgan fingerprint density at radius 3 is 2.83 bits per heavy atom. The first-order valence-corrected chi connectivity index (χ1v) is 6.92. The molecule has 1 aromatic rings. The monoisotopic (exact) mass is 286 g/mol. The van der Waals surface area contributed by atoms with Crippen LogP contribution in [0, 0.1) is 0 Å². The van der Waals surface area contributed by atoms with Gasteiger partial charge in [0.1, 0.15) is 0 Å². The first-order chi connectivity index (χ1) is 8.66. The highest BCUT2D eigenvalue weighted by Gasteiger charge is 2.19. The van der Waals surface area contributed by atoms with Gasteiger partial charge < -0.3 is 10.6 Å². The van der Waals surface area contributed by atoms with Crippen LogP contribution in [0.5, 0.6) is 0 Å². The molecular formula is C13H16Cl2N2O. The predicted molar refractivity (Wildman–Crippen MR) is 75.4 cm³/mol. The molecule has 1 saturated heterocycles. The molecule has 0 radical (unpaired) electrons. The predicted octanol–water partition coefficient (Wildman–Crippen LogP) is 3.46. The number of hydrogen-bond acceptors (Lipinski definition) is 2. The molecule has 1 aliphatic heterocycles. The quantitative estimate of drug-likeness (QED) is 0.874. The van der Waals surface area contributed by atoms with E-state index in [1.165, 1.54) is 6.42 Å². The van der Waals surface area contributed by atoms with E-state index in [1.807, 2.05) is 0 Å². The smallest absolute Gasteiger partial charge is 0.241 e. The zero-order valence-electron chi connectivity index (χ0n) is 10.0. The number of benzene rings is 1. The Kier molecular flexibility index (Phi) is 4.87. The van der Waals surface area contributed by atoms with E-state index < -0.39 is 0 Å². The highest BCUT2D eigenvalue weighted by atomic mass is 35.5. The number of anilines is 1. The number of nitrogens with one attached hydrogen (secondary N) is 2. The van der Waals surface area contributed by atoms with Crippen LogP contribution in [0.25, 0.3) is 0 Å². The molecule has 1 atom stereocenters. The second-order valence-electron chi connectivity index (χ2n) is 4.47. The first-order valence-electron chi connectivity index (χ1n) is 6.16. The summed E-state index contributed by atoms with van der Waals surface area (Å²) < 4.78 is 0. The van der Waals surface area contributed by atoms with Gasteiger partial charge in [-0.2, -0.15) is 0 Å². The molecule has 1 amide bonds. The third kappa shape index (κ3) is 3.61. The molecule has 0 aromatic heterocycles. The van der Waals surface area contributed by atoms with Gasteiger partial charge in [0.05, 0.1) is 16.1 Å². The second-order valence-corrected chi connectivity index (χ2v) is 5.29. The van der Waals surface area contributed by atoms with Gasteiger partial charge in [-0.3, -0.25) is 4.79 Å². The summed E-state index contributed by atoms with van der Waals surface area (Å²) in [6.07, 6.45) is 4.29. The Balaban J connectivity index is 1.99. The van der Waals surface area contributed by atoms with Gasteiger partial charge in [-0.1, -0.05) is 36.0 Å². The summed E-state index contributed by atoms with van der Waals surface area (Å²) in [7, 11) is 0. The van der Waals surface area contributed by atoms with Crippen LogP contribution in [0.3, 0.4) is 0 Å². The van der Waals surface area contributed by atoms with E-state index in [1.54, 1.807) is 18.2 Å². The molecular weight excluding hydrogens is 271 g/mol. The lowest BCUT2D eigenvalue weighted by molar-refractivity contribution is -0.118. The number of rotatable bonds is 2. The van der Waals surface area contributed by atoms with E-state index in [-0.39, 0.29) is 11.9 Å². The third-order valence-electron chi connectivity index (χ3n) is 3.06. The average molecular weight is 287 g/mol. The summed E-state index contributed by atoms with van der Waals surface area (Å²) in [6.45, 7) is 0.902. The Morgan fingerprint density at radius 2 is 2.06 bits per heavy atom. The fourth-order valence-corrected chi connectivity index (χ4v) is 2.35. The minimum Gasteiger partial charge on any atom is -0.325 e. The maximum Gasteiger partial charge on any atom is 0.241 e. The number of hydrogen-bond donors (Lipinski definition) is 2. The molecule has 0 spiro atoms. The second kappa shape index (κ2) is 6.41. The summed E-state index contributed by atoms with van der Waals surface area (Å²) in [5.41, 5.74) is 0.681. The van der Waals surface area contributed by atoms with Crippen LogP contribution < -0.4 is 10.6 Å². The topological polar surface area (TPSA) is 41.1 Å². The van der Waals surface area contributed by atoms with Gasteiger partial charge in [-0.15, -0.1) is 0 Å². The summed E-state index contributed by atoms with van der Waals surface area (Å²) in [4.78, 5) is 12.1. The molecule has 98 valence electrons. The fourth-order valence-electron chi connectivity index (χ4n) is 2.06. The molecule has 5 heteroatoms. The van der Waals surface area contributed by atoms with Crippen molar-refractivity contribution in [2.75, 3.05) is 11.9 Å². The standard InChI is InChI=1S/C13H16Cl2N2O/c14-10-6-5-9(8-11(10)15)17-13(18)12-4-2-1-3-7-16-12/h5-6,8,12,16H,1-4,7H2,(H,17,18). The summed E-state index contributed by atoms with van der Waals surface area (Å²) >= 11 is 11.7. The lowest BCUT2D eigenvalue weighted by Crippen LogP contribution is -2.39. The van der Waals surface area contributed by atoms with Crippen LogP contribution in [0.15, 0.2) is 18.2 Å². The van der Waals surface area contributed by atoms with Crippen LogP contribution in [-0.2, 0) is 4.79 Å². The van der Waals surface area contributed by atoms with E-state index in [0.717, 1.165) is 25.8 Å². The van der Waals surface area contributed by atoms with Gasteiger partial charge in [0, 0.05) is 5.69 Å². The van der Waals surface area contributed by atoms with Crippen molar-refractivity contribution in [1.82, 2.24) is 5.32 Å². The zero-order valence-corrected chi connectivity index (χ0v) is 11.5. The molecule has 3 nitrogen and oxygen atoms in total. The minimum atomic E-state index is -0.109. The van der Waals surface area contributed by atoms with Crippen molar-refractivity contribution in [3.63, 3.8) is 0 Å². The van der Waals surface area contributed by atoms with Crippen LogP contribution in [0.4, 0.5) is 5.69 Å². The molecule has 1 aromatic carbocycles. The molecule has 1 aliphatic rings. The van der Waals surface area contributed by atoms with E-state index in [0.29, 0.717) is 15.7 Å². The minimum absolute atomic E-state index is 0.00436. The van der Waals surface area contributed by atoms with Crippen molar-refractivity contribution in [3.8, 4) is 0 Å². The van der Waals surface area contributed by atoms with Crippen molar-refractivity contribution < 1.29 is 4.79 Å². The SMILES string of the molecule is O=C(Nc1ccc(Cl)c(Cl)c1)C1CCCCCN1. The molecule has 18 heavy (non-hydrogen) atoms. The van der Waals surface area contributed by atoms with Gasteiger partial charge in [-0.05, 0) is 37.6 Å². The van der Waals surface area contributed by atoms with Gasteiger partial charge in [0.25, 0.3) is 0 Å². The van der Waals surface area contributed by atoms with E-state index in [9.17, 15) is 4.79 Å². The van der Waals surface area contributed by atoms with Crippen LogP contribution in [0.2, 0.25) is 10.0 Å². The lowest BCUT2D eigenvalue weighted by atomic mass is 10.1. The first kappa shape index (κ1) is 13.7. The van der Waals surface area contributed by atoms with Crippen molar-refractivity contribution in [2.24, 2.45) is 0 Å². The molecule has 1 fully saturated rings. The largest absolute Gasteiger partial charge is 0.325 e. The van der Waals surface area contributed by atoms with Crippen LogP contribution in [-0.4, -0.2) is 18.5 Å². The fraction of sp³-hybridized carbons (Fsp3) is 0.462. The summed E-state index contributed by atoms with van der Waals surface area (Å²) in [6, 6.07) is 4.99. The van der Waals surface area contributed by atoms with Crippen molar-refractivity contribution in [2.45, 2.75) is 31.7 Å². The van der Waals surface area contributed by atoms with E-state index in [4.69, 9.17) is 23.2 Å². The van der Waals surface area contributed by atoms with Crippen LogP contribution in [0.1, 0.15) is 25.7 Å². The molecule has 1 heterocycles. The number of carbonyl (C=O) groups excluding carboxylic acids is 1. The molecule has 1 unspecified atom stereocenters. The molecule has 0 aliphatic carbocycles. The third-order valence-corrected chi connectivity index (χ3v) is 3.80. The normalized spacial score (nSPS) is 20.2. The van der Waals surface area contributed by atoms with Gasteiger partial charge in [0.15, 0.2) is 0 Å². The van der Waals surface area contributed by atoms with Crippen molar-refractivity contribution >= 4 is 34.8 Å². The maximum absolute atomic E-state index is 12.1. The van der Waals surface area contributed by atoms with Crippen molar-refractivity contribution in [3.05, 3.63) is 28.2 Å². The number of carbonyl (C=O) groups is 1. The summed E-state index contributed by atoms with van der Waals surface area (Å²) in [5.74, 6) is -0.00436. The van der Waals surface area contributed by atoms with E-state index in [2.05, 4.69) is 10.6 Å². The highest BCUT2D eigenvalue weighted by molar-refractivity contribution is 6.42. The van der Waals surface area contributed by atoms with Gasteiger partial charge >= 0.3 is 0 Å². The molecule has 2 rings (SSSR count). The Bertz CT molecular complexity index is 429. The average Bonchev–Trinajstić information content (AvgIpc) is 2.62. The molecule has 0 saturated carbocycles. The highest BCUT2D eigenvalue weighted by Crippen LogP contribution is 2.25. The van der Waals surface area contributed by atoms with E-state index >= 15 is 0 Å². The van der Waals surface area contributed by atoms with Crippen LogP contribution >= 0.6 is 23.2 Å². The number of amides is 1. The van der Waals surface area contributed by atoms with Gasteiger partial charge in [-0.25, -0.2) is 0 Å². The van der Waals surface area contributed by atoms with Gasteiger partial charge in [0.2, 0.25) is 5.91 Å². The summed E-state index contributed by atoms with van der Waals surface area (Å²) in [5, 5.41) is 7.06.